The minimum atomic E-state index is -0.310. The first-order valence-corrected chi connectivity index (χ1v) is 4.89. The van der Waals surface area contributed by atoms with Gasteiger partial charge in [-0.15, -0.1) is 0 Å². The fourth-order valence-electron chi connectivity index (χ4n) is 1.26. The fourth-order valence-corrected chi connectivity index (χ4v) is 1.53. The maximum atomic E-state index is 11.3. The average Bonchev–Trinajstić information content (AvgIpc) is 2.47. The Kier molecular flexibility index (Phi) is 2.29. The number of nitrogens with zero attached hydrogens (tertiary/aromatic N) is 1. The lowest BCUT2D eigenvalue weighted by molar-refractivity contribution is 0.286. The van der Waals surface area contributed by atoms with Crippen LogP contribution in [0.4, 0.5) is 0 Å². The molecule has 1 aromatic heterocycles. The third-order valence-electron chi connectivity index (χ3n) is 1.91. The Hall–Kier alpha value is -1.29. The summed E-state index contributed by atoms with van der Waals surface area (Å²) in [6, 6.07) is 7.52. The topological polar surface area (TPSA) is 35.1 Å². The molecule has 0 aliphatic heterocycles. The predicted molar refractivity (Wildman–Crippen MR) is 57.1 cm³/mol. The first kappa shape index (κ1) is 9.27. The zero-order valence-corrected chi connectivity index (χ0v) is 9.11. The second kappa shape index (κ2) is 3.46. The maximum Gasteiger partial charge on any atom is 0.365 e. The number of hydrogen-bond acceptors (Lipinski definition) is 2. The van der Waals surface area contributed by atoms with E-state index in [1.165, 1.54) is 4.74 Å². The van der Waals surface area contributed by atoms with E-state index < -0.39 is 0 Å². The van der Waals surface area contributed by atoms with E-state index in [1.807, 2.05) is 24.3 Å². The van der Waals surface area contributed by atoms with Crippen LogP contribution in [0.1, 0.15) is 0 Å². The Bertz CT molecular complexity index is 496. The van der Waals surface area contributed by atoms with Gasteiger partial charge in [0.2, 0.25) is 0 Å². The average molecular weight is 254 g/mol. The fraction of sp³-hybridized carbons (Fsp3) is 0.100. The van der Waals surface area contributed by atoms with Crippen LogP contribution in [0.25, 0.3) is 11.1 Å². The minimum Gasteiger partial charge on any atom is -0.336 e. The van der Waals surface area contributed by atoms with E-state index in [-0.39, 0.29) is 5.63 Å². The zero-order chi connectivity index (χ0) is 10.1. The molecule has 0 bridgehead atoms. The maximum absolute atomic E-state index is 11.3. The summed E-state index contributed by atoms with van der Waals surface area (Å²) in [4.78, 5) is 11.3. The molecule has 0 saturated carbocycles. The van der Waals surface area contributed by atoms with Gasteiger partial charge in [-0.1, -0.05) is 28.1 Å². The summed E-state index contributed by atoms with van der Waals surface area (Å²) in [5.74, 6) is 0. The molecular formula is C10H8BrNO2. The van der Waals surface area contributed by atoms with Gasteiger partial charge in [0.1, 0.15) is 0 Å². The van der Waals surface area contributed by atoms with Gasteiger partial charge in [0, 0.05) is 11.5 Å². The van der Waals surface area contributed by atoms with Crippen molar-refractivity contribution in [1.82, 2.24) is 4.74 Å². The van der Waals surface area contributed by atoms with Crippen molar-refractivity contribution in [3.8, 4) is 11.1 Å². The molecule has 1 aromatic carbocycles. The second-order valence-corrected chi connectivity index (χ2v) is 3.89. The highest BCUT2D eigenvalue weighted by Crippen LogP contribution is 2.18. The first-order chi connectivity index (χ1) is 6.66. The van der Waals surface area contributed by atoms with E-state index in [0.29, 0.717) is 5.56 Å². The van der Waals surface area contributed by atoms with Gasteiger partial charge in [0.15, 0.2) is 0 Å². The van der Waals surface area contributed by atoms with Gasteiger partial charge in [0.05, 0.1) is 11.8 Å². The number of rotatable bonds is 1. The van der Waals surface area contributed by atoms with Crippen LogP contribution in [0, 0.1) is 0 Å². The van der Waals surface area contributed by atoms with Crippen LogP contribution in [0.5, 0.6) is 0 Å². The van der Waals surface area contributed by atoms with Gasteiger partial charge in [-0.25, -0.2) is 9.53 Å². The number of hydrogen-bond donors (Lipinski definition) is 0. The van der Waals surface area contributed by atoms with E-state index >= 15 is 0 Å². The van der Waals surface area contributed by atoms with Gasteiger partial charge in [0.25, 0.3) is 0 Å². The van der Waals surface area contributed by atoms with Crippen molar-refractivity contribution in [1.29, 1.82) is 0 Å². The molecule has 2 aromatic rings. The highest BCUT2D eigenvalue weighted by atomic mass is 79.9. The molecule has 0 unspecified atom stereocenters. The lowest BCUT2D eigenvalue weighted by Gasteiger charge is -1.94. The summed E-state index contributed by atoms with van der Waals surface area (Å²) < 4.78 is 7.24. The summed E-state index contributed by atoms with van der Waals surface area (Å²) in [5, 5.41) is 0. The van der Waals surface area contributed by atoms with Crippen LogP contribution in [-0.2, 0) is 7.05 Å². The molecule has 0 spiro atoms. The van der Waals surface area contributed by atoms with Gasteiger partial charge in [-0.3, -0.25) is 0 Å². The van der Waals surface area contributed by atoms with Crippen molar-refractivity contribution < 1.29 is 4.52 Å². The number of benzene rings is 1. The quantitative estimate of drug-likeness (QED) is 0.783. The lowest BCUT2D eigenvalue weighted by Crippen LogP contribution is -1.95. The van der Waals surface area contributed by atoms with Crippen molar-refractivity contribution in [2.75, 3.05) is 0 Å². The summed E-state index contributed by atoms with van der Waals surface area (Å²) in [6.07, 6.45) is 1.67. The summed E-state index contributed by atoms with van der Waals surface area (Å²) in [5.41, 5.74) is 1.14. The predicted octanol–water partition coefficient (Wildman–Crippen LogP) is 2.41. The van der Waals surface area contributed by atoms with E-state index in [1.54, 1.807) is 13.2 Å². The molecule has 0 amide bonds. The Morgan fingerprint density at radius 1 is 1.29 bits per heavy atom. The molecule has 3 nitrogen and oxygen atoms in total. The molecule has 72 valence electrons. The van der Waals surface area contributed by atoms with E-state index in [4.69, 9.17) is 4.52 Å². The molecule has 2 rings (SSSR count). The summed E-state index contributed by atoms with van der Waals surface area (Å²) in [7, 11) is 1.68. The van der Waals surface area contributed by atoms with Crippen molar-refractivity contribution >= 4 is 15.9 Å². The van der Waals surface area contributed by atoms with Gasteiger partial charge < -0.3 is 4.52 Å². The highest BCUT2D eigenvalue weighted by Gasteiger charge is 2.06. The molecule has 0 aliphatic rings. The molecule has 1 heterocycles. The Balaban J connectivity index is 2.54. The normalized spacial score (nSPS) is 10.4. The van der Waals surface area contributed by atoms with E-state index in [0.717, 1.165) is 10.0 Å². The molecular weight excluding hydrogens is 246 g/mol. The lowest BCUT2D eigenvalue weighted by atomic mass is 10.1. The van der Waals surface area contributed by atoms with Gasteiger partial charge in [-0.05, 0) is 17.7 Å². The number of aryl methyl sites for hydroxylation is 1. The third kappa shape index (κ3) is 1.65. The molecule has 0 atom stereocenters. The smallest absolute Gasteiger partial charge is 0.336 e. The van der Waals surface area contributed by atoms with Gasteiger partial charge >= 0.3 is 5.63 Å². The van der Waals surface area contributed by atoms with Crippen LogP contribution in [0.2, 0.25) is 0 Å². The minimum absolute atomic E-state index is 0.310. The molecule has 0 fully saturated rings. The first-order valence-electron chi connectivity index (χ1n) is 4.10. The molecule has 0 N–H and O–H groups in total. The van der Waals surface area contributed by atoms with Crippen LogP contribution in [0.3, 0.4) is 0 Å². The van der Waals surface area contributed by atoms with Gasteiger partial charge in [-0.2, -0.15) is 0 Å². The van der Waals surface area contributed by atoms with Crippen LogP contribution in [0.15, 0.2) is 44.3 Å². The third-order valence-corrected chi connectivity index (χ3v) is 2.44. The molecule has 0 aliphatic carbocycles. The monoisotopic (exact) mass is 253 g/mol. The van der Waals surface area contributed by atoms with E-state index in [9.17, 15) is 4.79 Å². The Morgan fingerprint density at radius 2 is 1.93 bits per heavy atom. The van der Waals surface area contributed by atoms with Crippen molar-refractivity contribution in [3.63, 3.8) is 0 Å². The SMILES string of the molecule is Cn1cc(-c2ccc(Br)cc2)c(=O)o1. The standard InChI is InChI=1S/C10H8BrNO2/c1-12-6-9(10(13)14-12)7-2-4-8(11)5-3-7/h2-6H,1H3. The summed E-state index contributed by atoms with van der Waals surface area (Å²) >= 11 is 3.33. The van der Waals surface area contributed by atoms with Crippen molar-refractivity contribution in [2.45, 2.75) is 0 Å². The highest BCUT2D eigenvalue weighted by molar-refractivity contribution is 9.10. The molecule has 0 saturated heterocycles. The van der Waals surface area contributed by atoms with Crippen molar-refractivity contribution in [2.24, 2.45) is 7.05 Å². The van der Waals surface area contributed by atoms with Crippen molar-refractivity contribution in [3.05, 3.63) is 45.4 Å². The van der Waals surface area contributed by atoms with Crippen LogP contribution >= 0.6 is 15.9 Å². The molecule has 4 heteroatoms. The van der Waals surface area contributed by atoms with Crippen LogP contribution < -0.4 is 5.63 Å². The number of aromatic nitrogens is 1. The van der Waals surface area contributed by atoms with E-state index in [2.05, 4.69) is 15.9 Å². The second-order valence-electron chi connectivity index (χ2n) is 2.97. The Labute approximate surface area is 89.1 Å². The largest absolute Gasteiger partial charge is 0.365 e. The zero-order valence-electron chi connectivity index (χ0n) is 7.53. The number of halogens is 1. The molecule has 14 heavy (non-hydrogen) atoms. The summed E-state index contributed by atoms with van der Waals surface area (Å²) in [6.45, 7) is 0. The molecule has 0 radical (unpaired) electrons. The Morgan fingerprint density at radius 3 is 2.43 bits per heavy atom. The van der Waals surface area contributed by atoms with Crippen LogP contribution in [-0.4, -0.2) is 4.74 Å².